The Labute approximate surface area is 113 Å². The fourth-order valence-electron chi connectivity index (χ4n) is 1.87. The number of pyridine rings is 1. The van der Waals surface area contributed by atoms with E-state index in [4.69, 9.17) is 0 Å². The second-order valence-corrected chi connectivity index (χ2v) is 5.07. The van der Waals surface area contributed by atoms with Gasteiger partial charge in [0, 0.05) is 18.9 Å². The first-order chi connectivity index (χ1) is 8.63. The van der Waals surface area contributed by atoms with Crippen LogP contribution in [0.2, 0.25) is 0 Å². The minimum absolute atomic E-state index is 0.0553. The van der Waals surface area contributed by atoms with E-state index in [1.54, 1.807) is 18.3 Å². The largest absolute Gasteiger partial charge is 0.353 e. The molecule has 5 nitrogen and oxygen atoms in total. The lowest BCUT2D eigenvalue weighted by Gasteiger charge is -2.09. The first-order valence-corrected chi connectivity index (χ1v) is 6.63. The van der Waals surface area contributed by atoms with Crippen LogP contribution in [-0.2, 0) is 9.59 Å². The predicted octanol–water partition coefficient (Wildman–Crippen LogP) is 1.84. The van der Waals surface area contributed by atoms with Crippen molar-refractivity contribution in [2.24, 2.45) is 0 Å². The molecule has 0 spiro atoms. The Morgan fingerprint density at radius 3 is 3.00 bits per heavy atom. The molecule has 0 bridgehead atoms. The number of carbonyl (C=O) groups is 2. The Morgan fingerprint density at radius 1 is 1.56 bits per heavy atom. The van der Waals surface area contributed by atoms with Gasteiger partial charge in [0.25, 0.3) is 0 Å². The van der Waals surface area contributed by atoms with Crippen molar-refractivity contribution >= 4 is 33.4 Å². The molecule has 0 aliphatic carbocycles. The SMILES string of the molecule is O=C(CCC1CCC(=O)N1)Nc1ccc(Br)nc1. The molecular weight excluding hydrogens is 298 g/mol. The third kappa shape index (κ3) is 3.80. The molecule has 0 saturated carbocycles. The van der Waals surface area contributed by atoms with Crippen LogP contribution in [0.1, 0.15) is 25.7 Å². The summed E-state index contributed by atoms with van der Waals surface area (Å²) in [6.07, 6.45) is 4.08. The van der Waals surface area contributed by atoms with E-state index in [-0.39, 0.29) is 17.9 Å². The number of amides is 2. The molecule has 0 aromatic carbocycles. The van der Waals surface area contributed by atoms with Gasteiger partial charge in [0.05, 0.1) is 11.9 Å². The maximum atomic E-state index is 11.7. The smallest absolute Gasteiger partial charge is 0.224 e. The van der Waals surface area contributed by atoms with Gasteiger partial charge in [0.15, 0.2) is 0 Å². The number of hydrogen-bond donors (Lipinski definition) is 2. The summed E-state index contributed by atoms with van der Waals surface area (Å²) in [6, 6.07) is 3.70. The average molecular weight is 312 g/mol. The van der Waals surface area contributed by atoms with Gasteiger partial charge in [-0.3, -0.25) is 9.59 Å². The van der Waals surface area contributed by atoms with Crippen LogP contribution in [0.15, 0.2) is 22.9 Å². The maximum absolute atomic E-state index is 11.7. The molecule has 2 heterocycles. The van der Waals surface area contributed by atoms with Crippen molar-refractivity contribution in [2.45, 2.75) is 31.7 Å². The van der Waals surface area contributed by atoms with E-state index in [1.807, 2.05) is 0 Å². The Morgan fingerprint density at radius 2 is 2.39 bits per heavy atom. The summed E-state index contributed by atoms with van der Waals surface area (Å²) >= 11 is 3.23. The van der Waals surface area contributed by atoms with Gasteiger partial charge in [0.2, 0.25) is 11.8 Å². The molecule has 1 aliphatic rings. The normalized spacial score (nSPS) is 18.5. The third-order valence-corrected chi connectivity index (χ3v) is 3.29. The molecule has 1 aromatic heterocycles. The van der Waals surface area contributed by atoms with Crippen molar-refractivity contribution in [1.82, 2.24) is 10.3 Å². The van der Waals surface area contributed by atoms with E-state index in [9.17, 15) is 9.59 Å². The topological polar surface area (TPSA) is 71.1 Å². The molecule has 1 aliphatic heterocycles. The predicted molar refractivity (Wildman–Crippen MR) is 71.0 cm³/mol. The molecule has 2 rings (SSSR count). The summed E-state index contributed by atoms with van der Waals surface area (Å²) in [5.74, 6) is 0.0257. The molecule has 1 saturated heterocycles. The summed E-state index contributed by atoms with van der Waals surface area (Å²) < 4.78 is 0.731. The van der Waals surface area contributed by atoms with Gasteiger partial charge < -0.3 is 10.6 Å². The zero-order valence-electron chi connectivity index (χ0n) is 9.78. The van der Waals surface area contributed by atoms with E-state index in [2.05, 4.69) is 31.5 Å². The average Bonchev–Trinajstić information content (AvgIpc) is 2.76. The van der Waals surface area contributed by atoms with Gasteiger partial charge in [-0.2, -0.15) is 0 Å². The summed E-state index contributed by atoms with van der Waals surface area (Å²) in [5.41, 5.74) is 0.679. The maximum Gasteiger partial charge on any atom is 0.224 e. The molecule has 6 heteroatoms. The van der Waals surface area contributed by atoms with Gasteiger partial charge in [-0.05, 0) is 40.9 Å². The molecule has 2 N–H and O–H groups in total. The quantitative estimate of drug-likeness (QED) is 0.834. The summed E-state index contributed by atoms with van der Waals surface area (Å²) in [6.45, 7) is 0. The van der Waals surface area contributed by atoms with Gasteiger partial charge >= 0.3 is 0 Å². The van der Waals surface area contributed by atoms with Crippen molar-refractivity contribution in [3.05, 3.63) is 22.9 Å². The number of hydrogen-bond acceptors (Lipinski definition) is 3. The van der Waals surface area contributed by atoms with Crippen LogP contribution in [0.3, 0.4) is 0 Å². The van der Waals surface area contributed by atoms with Crippen LogP contribution >= 0.6 is 15.9 Å². The number of nitrogens with one attached hydrogen (secondary N) is 2. The number of carbonyl (C=O) groups excluding carboxylic acids is 2. The Balaban J connectivity index is 1.75. The van der Waals surface area contributed by atoms with Crippen molar-refractivity contribution in [3.63, 3.8) is 0 Å². The molecule has 18 heavy (non-hydrogen) atoms. The van der Waals surface area contributed by atoms with Crippen LogP contribution in [-0.4, -0.2) is 22.8 Å². The van der Waals surface area contributed by atoms with Crippen LogP contribution in [0.25, 0.3) is 0 Å². The lowest BCUT2D eigenvalue weighted by atomic mass is 10.1. The molecule has 96 valence electrons. The summed E-state index contributed by atoms with van der Waals surface area (Å²) in [7, 11) is 0. The van der Waals surface area contributed by atoms with E-state index >= 15 is 0 Å². The van der Waals surface area contributed by atoms with E-state index in [0.29, 0.717) is 24.9 Å². The van der Waals surface area contributed by atoms with Gasteiger partial charge in [-0.25, -0.2) is 4.98 Å². The van der Waals surface area contributed by atoms with E-state index in [1.165, 1.54) is 0 Å². The Kier molecular flexibility index (Phi) is 4.30. The highest BCUT2D eigenvalue weighted by Crippen LogP contribution is 2.14. The van der Waals surface area contributed by atoms with Crippen molar-refractivity contribution in [1.29, 1.82) is 0 Å². The van der Waals surface area contributed by atoms with E-state index < -0.39 is 0 Å². The number of halogens is 1. The van der Waals surface area contributed by atoms with Crippen LogP contribution in [0, 0.1) is 0 Å². The fraction of sp³-hybridized carbons (Fsp3) is 0.417. The summed E-state index contributed by atoms with van der Waals surface area (Å²) in [4.78, 5) is 26.7. The lowest BCUT2D eigenvalue weighted by Crippen LogP contribution is -2.26. The first kappa shape index (κ1) is 13.0. The molecule has 1 fully saturated rings. The molecule has 2 amide bonds. The van der Waals surface area contributed by atoms with Crippen molar-refractivity contribution in [3.8, 4) is 0 Å². The highest BCUT2D eigenvalue weighted by molar-refractivity contribution is 9.10. The number of rotatable bonds is 4. The Hall–Kier alpha value is -1.43. The molecule has 1 unspecified atom stereocenters. The fourth-order valence-corrected chi connectivity index (χ4v) is 2.11. The monoisotopic (exact) mass is 311 g/mol. The highest BCUT2D eigenvalue weighted by atomic mass is 79.9. The molecular formula is C12H14BrN3O2. The van der Waals surface area contributed by atoms with Gasteiger partial charge in [-0.1, -0.05) is 0 Å². The molecule has 1 atom stereocenters. The zero-order valence-corrected chi connectivity index (χ0v) is 11.4. The minimum atomic E-state index is -0.0553. The molecule has 1 aromatic rings. The number of anilines is 1. The highest BCUT2D eigenvalue weighted by Gasteiger charge is 2.21. The van der Waals surface area contributed by atoms with Crippen molar-refractivity contribution < 1.29 is 9.59 Å². The minimum Gasteiger partial charge on any atom is -0.353 e. The standard InChI is InChI=1S/C12H14BrN3O2/c13-10-4-1-9(7-14-10)16-12(18)6-3-8-2-5-11(17)15-8/h1,4,7-8H,2-3,5-6H2,(H,15,17)(H,16,18). The molecule has 0 radical (unpaired) electrons. The Bertz CT molecular complexity index is 447. The second-order valence-electron chi connectivity index (χ2n) is 4.26. The van der Waals surface area contributed by atoms with E-state index in [0.717, 1.165) is 11.0 Å². The third-order valence-electron chi connectivity index (χ3n) is 2.82. The first-order valence-electron chi connectivity index (χ1n) is 5.84. The van der Waals surface area contributed by atoms with Crippen LogP contribution < -0.4 is 10.6 Å². The number of aromatic nitrogens is 1. The van der Waals surface area contributed by atoms with Crippen LogP contribution in [0.5, 0.6) is 0 Å². The lowest BCUT2D eigenvalue weighted by molar-refractivity contribution is -0.120. The second kappa shape index (κ2) is 5.95. The van der Waals surface area contributed by atoms with Crippen molar-refractivity contribution in [2.75, 3.05) is 5.32 Å². The number of nitrogens with zero attached hydrogens (tertiary/aromatic N) is 1. The van der Waals surface area contributed by atoms with Gasteiger partial charge in [-0.15, -0.1) is 0 Å². The summed E-state index contributed by atoms with van der Waals surface area (Å²) in [5, 5.41) is 5.61. The zero-order chi connectivity index (χ0) is 13.0. The van der Waals surface area contributed by atoms with Crippen LogP contribution in [0.4, 0.5) is 5.69 Å². The van der Waals surface area contributed by atoms with Gasteiger partial charge in [0.1, 0.15) is 4.60 Å².